The number of carbonyl (C=O) groups is 2. The third-order valence-corrected chi connectivity index (χ3v) is 4.58. The van der Waals surface area contributed by atoms with Gasteiger partial charge in [-0.1, -0.05) is 6.07 Å². The largest absolute Gasteiger partial charge is 0.480 e. The molecule has 2 rings (SSSR count). The van der Waals surface area contributed by atoms with Crippen LogP contribution in [-0.4, -0.2) is 38.7 Å². The normalized spacial score (nSPS) is 12.0. The first-order valence-electron chi connectivity index (χ1n) is 5.81. The van der Waals surface area contributed by atoms with Crippen LogP contribution in [0.15, 0.2) is 34.2 Å². The zero-order chi connectivity index (χ0) is 14.4. The Balaban J connectivity index is 1.84. The molecular formula is C12H13N3O3S2. The molecule has 1 amide bonds. The maximum absolute atomic E-state index is 11.8. The fourth-order valence-electron chi connectivity index (χ4n) is 1.53. The van der Waals surface area contributed by atoms with Gasteiger partial charge in [-0.3, -0.25) is 4.79 Å². The molecule has 0 aliphatic heterocycles. The van der Waals surface area contributed by atoms with Gasteiger partial charge in [0.2, 0.25) is 5.91 Å². The average molecular weight is 311 g/mol. The maximum atomic E-state index is 11.8. The number of thiophene rings is 1. The SMILES string of the molecule is O=C(CSc1cccs1)N[C@H](Cc1cnc[nH]1)C(=O)O. The fourth-order valence-corrected chi connectivity index (χ4v) is 3.13. The number of thioether (sulfide) groups is 1. The second-order valence-corrected chi connectivity index (χ2v) is 6.18. The summed E-state index contributed by atoms with van der Waals surface area (Å²) in [4.78, 5) is 29.5. The molecule has 0 aliphatic carbocycles. The van der Waals surface area contributed by atoms with Crippen molar-refractivity contribution in [1.29, 1.82) is 0 Å². The minimum absolute atomic E-state index is 0.185. The van der Waals surface area contributed by atoms with E-state index in [0.29, 0.717) is 5.69 Å². The number of carbonyl (C=O) groups excluding carboxylic acids is 1. The Hall–Kier alpha value is -1.80. The summed E-state index contributed by atoms with van der Waals surface area (Å²) in [6.45, 7) is 0. The number of amides is 1. The van der Waals surface area contributed by atoms with Crippen molar-refractivity contribution in [3.8, 4) is 0 Å². The van der Waals surface area contributed by atoms with Crippen molar-refractivity contribution in [2.24, 2.45) is 0 Å². The number of aromatic amines is 1. The summed E-state index contributed by atoms with van der Waals surface area (Å²) in [5, 5.41) is 13.6. The van der Waals surface area contributed by atoms with E-state index in [1.165, 1.54) is 18.1 Å². The first kappa shape index (κ1) is 14.6. The van der Waals surface area contributed by atoms with E-state index < -0.39 is 12.0 Å². The molecule has 0 aliphatic rings. The lowest BCUT2D eigenvalue weighted by Gasteiger charge is -2.13. The molecule has 0 aromatic carbocycles. The Kier molecular flexibility index (Phi) is 5.19. The number of imidazole rings is 1. The van der Waals surface area contributed by atoms with Gasteiger partial charge in [-0.15, -0.1) is 23.1 Å². The summed E-state index contributed by atoms with van der Waals surface area (Å²) in [7, 11) is 0. The van der Waals surface area contributed by atoms with Gasteiger partial charge >= 0.3 is 5.97 Å². The highest BCUT2D eigenvalue weighted by Crippen LogP contribution is 2.22. The van der Waals surface area contributed by atoms with E-state index >= 15 is 0 Å². The molecule has 0 radical (unpaired) electrons. The quantitative estimate of drug-likeness (QED) is 0.671. The number of rotatable bonds is 7. The van der Waals surface area contributed by atoms with Crippen LogP contribution >= 0.6 is 23.1 Å². The van der Waals surface area contributed by atoms with Crippen LogP contribution in [0.3, 0.4) is 0 Å². The molecule has 6 nitrogen and oxygen atoms in total. The summed E-state index contributed by atoms with van der Waals surface area (Å²) in [6, 6.07) is 2.87. The molecule has 0 fully saturated rings. The van der Waals surface area contributed by atoms with Gasteiger partial charge in [-0.25, -0.2) is 9.78 Å². The van der Waals surface area contributed by atoms with Crippen LogP contribution in [0.4, 0.5) is 0 Å². The lowest BCUT2D eigenvalue weighted by Crippen LogP contribution is -2.43. The monoisotopic (exact) mass is 311 g/mol. The fraction of sp³-hybridized carbons (Fsp3) is 0.250. The molecule has 106 valence electrons. The van der Waals surface area contributed by atoms with Crippen molar-refractivity contribution in [1.82, 2.24) is 15.3 Å². The number of carboxylic acid groups (broad SMARTS) is 1. The molecule has 2 aromatic rings. The van der Waals surface area contributed by atoms with Gasteiger partial charge in [-0.05, 0) is 11.4 Å². The van der Waals surface area contributed by atoms with Crippen molar-refractivity contribution in [3.05, 3.63) is 35.7 Å². The molecule has 8 heteroatoms. The van der Waals surface area contributed by atoms with Crippen molar-refractivity contribution in [3.63, 3.8) is 0 Å². The van der Waals surface area contributed by atoms with Gasteiger partial charge in [0.1, 0.15) is 6.04 Å². The zero-order valence-electron chi connectivity index (χ0n) is 10.4. The number of carboxylic acids is 1. The highest BCUT2D eigenvalue weighted by atomic mass is 32.2. The number of nitrogens with zero attached hydrogens (tertiary/aromatic N) is 1. The molecule has 2 heterocycles. The van der Waals surface area contributed by atoms with Crippen molar-refractivity contribution < 1.29 is 14.7 Å². The third kappa shape index (κ3) is 4.39. The number of hydrogen-bond acceptors (Lipinski definition) is 5. The molecule has 1 atom stereocenters. The molecule has 0 bridgehead atoms. The molecule has 0 saturated carbocycles. The van der Waals surface area contributed by atoms with Crippen LogP contribution in [0.1, 0.15) is 5.69 Å². The van der Waals surface area contributed by atoms with Crippen molar-refractivity contribution >= 4 is 35.0 Å². The highest BCUT2D eigenvalue weighted by molar-refractivity contribution is 8.01. The Bertz CT molecular complexity index is 555. The van der Waals surface area contributed by atoms with Crippen LogP contribution in [0, 0.1) is 0 Å². The molecule has 2 aromatic heterocycles. The number of hydrogen-bond donors (Lipinski definition) is 3. The molecular weight excluding hydrogens is 298 g/mol. The third-order valence-electron chi connectivity index (χ3n) is 2.45. The van der Waals surface area contributed by atoms with E-state index in [9.17, 15) is 9.59 Å². The Morgan fingerprint density at radius 1 is 1.55 bits per heavy atom. The van der Waals surface area contributed by atoms with Gasteiger partial charge in [0.25, 0.3) is 0 Å². The van der Waals surface area contributed by atoms with Crippen LogP contribution in [0.25, 0.3) is 0 Å². The van der Waals surface area contributed by atoms with Crippen molar-refractivity contribution in [2.45, 2.75) is 16.7 Å². The first-order chi connectivity index (χ1) is 9.65. The molecule has 0 unspecified atom stereocenters. The van der Waals surface area contributed by atoms with E-state index in [0.717, 1.165) is 4.21 Å². The summed E-state index contributed by atoms with van der Waals surface area (Å²) in [5.41, 5.74) is 0.670. The zero-order valence-corrected chi connectivity index (χ0v) is 12.0. The lowest BCUT2D eigenvalue weighted by atomic mass is 10.1. The number of aliphatic carboxylic acids is 1. The predicted octanol–water partition coefficient (Wildman–Crippen LogP) is 1.38. The summed E-state index contributed by atoms with van der Waals surface area (Å²) >= 11 is 2.94. The van der Waals surface area contributed by atoms with Gasteiger partial charge in [-0.2, -0.15) is 0 Å². The van der Waals surface area contributed by atoms with Gasteiger partial charge < -0.3 is 15.4 Å². The van der Waals surface area contributed by atoms with E-state index in [1.54, 1.807) is 17.5 Å². The van der Waals surface area contributed by atoms with E-state index in [4.69, 9.17) is 5.11 Å². The minimum Gasteiger partial charge on any atom is -0.480 e. The van der Waals surface area contributed by atoms with Gasteiger partial charge in [0, 0.05) is 18.3 Å². The number of nitrogens with one attached hydrogen (secondary N) is 2. The molecule has 0 spiro atoms. The Morgan fingerprint density at radius 2 is 2.40 bits per heavy atom. The van der Waals surface area contributed by atoms with Crippen molar-refractivity contribution in [2.75, 3.05) is 5.75 Å². The second kappa shape index (κ2) is 7.11. The van der Waals surface area contributed by atoms with Crippen LogP contribution in [0.5, 0.6) is 0 Å². The van der Waals surface area contributed by atoms with Gasteiger partial charge in [0.05, 0.1) is 16.3 Å². The first-order valence-corrected chi connectivity index (χ1v) is 7.67. The molecule has 20 heavy (non-hydrogen) atoms. The van der Waals surface area contributed by atoms with E-state index in [1.807, 2.05) is 17.5 Å². The predicted molar refractivity (Wildman–Crippen MR) is 76.9 cm³/mol. The average Bonchev–Trinajstić information content (AvgIpc) is 3.08. The minimum atomic E-state index is -1.06. The lowest BCUT2D eigenvalue weighted by molar-refractivity contribution is -0.141. The standard InChI is InChI=1S/C12H13N3O3S2/c16-10(6-20-11-2-1-3-19-11)15-9(12(17)18)4-8-5-13-7-14-8/h1-3,5,7,9H,4,6H2,(H,13,14)(H,15,16)(H,17,18)/t9-/m1/s1. The molecule has 0 saturated heterocycles. The molecule has 3 N–H and O–H groups in total. The number of H-pyrrole nitrogens is 1. The van der Waals surface area contributed by atoms with Crippen LogP contribution in [-0.2, 0) is 16.0 Å². The number of aromatic nitrogens is 2. The van der Waals surface area contributed by atoms with Gasteiger partial charge in [0.15, 0.2) is 0 Å². The summed E-state index contributed by atoms with van der Waals surface area (Å²) in [5.74, 6) is -1.16. The Labute approximate surface area is 123 Å². The van der Waals surface area contributed by atoms with Crippen LogP contribution < -0.4 is 5.32 Å². The summed E-state index contributed by atoms with van der Waals surface area (Å²) < 4.78 is 1.03. The smallest absolute Gasteiger partial charge is 0.326 e. The second-order valence-electron chi connectivity index (χ2n) is 3.96. The highest BCUT2D eigenvalue weighted by Gasteiger charge is 2.21. The Morgan fingerprint density at radius 3 is 3.00 bits per heavy atom. The summed E-state index contributed by atoms with van der Waals surface area (Å²) in [6.07, 6.45) is 3.20. The maximum Gasteiger partial charge on any atom is 0.326 e. The van der Waals surface area contributed by atoms with Crippen LogP contribution in [0.2, 0.25) is 0 Å². The van der Waals surface area contributed by atoms with E-state index in [2.05, 4.69) is 15.3 Å². The topological polar surface area (TPSA) is 95.1 Å². The van der Waals surface area contributed by atoms with E-state index in [-0.39, 0.29) is 18.1 Å².